The summed E-state index contributed by atoms with van der Waals surface area (Å²) in [5, 5.41) is 19.8. The predicted octanol–water partition coefficient (Wildman–Crippen LogP) is -8.69. The second-order valence-electron chi connectivity index (χ2n) is 13.9. The largest absolute Gasteiger partial charge is 1.00 e. The molecule has 0 aliphatic heterocycles. The van der Waals surface area contributed by atoms with Gasteiger partial charge in [-0.25, -0.2) is 42.1 Å². The molecule has 0 radical (unpaired) electrons. The van der Waals surface area contributed by atoms with E-state index in [0.29, 0.717) is 40.7 Å². The Hall–Kier alpha value is -1.51. The summed E-state index contributed by atoms with van der Waals surface area (Å²) in [7, 11) is -26.4. The number of rotatable bonds is 13. The van der Waals surface area contributed by atoms with E-state index in [9.17, 15) is 64.9 Å². The van der Waals surface area contributed by atoms with Crippen molar-refractivity contribution in [1.29, 1.82) is 0 Å². The summed E-state index contributed by atoms with van der Waals surface area (Å²) in [6.07, 6.45) is 0. The van der Waals surface area contributed by atoms with E-state index in [0.717, 1.165) is 30.3 Å². The molecule has 0 unspecified atom stereocenters. The van der Waals surface area contributed by atoms with Crippen molar-refractivity contribution >= 4 is 130 Å². The average Bonchev–Trinajstić information content (AvgIpc) is 3.20. The first kappa shape index (κ1) is 66.6. The molecule has 0 saturated heterocycles. The van der Waals surface area contributed by atoms with Crippen LogP contribution in [0.5, 0.6) is 0 Å². The van der Waals surface area contributed by atoms with Crippen LogP contribution in [0.2, 0.25) is 5.28 Å². The van der Waals surface area contributed by atoms with Gasteiger partial charge in [0.1, 0.15) is 56.3 Å². The third-order valence-corrected chi connectivity index (χ3v) is 13.8. The molecule has 7 aromatic rings. The summed E-state index contributed by atoms with van der Waals surface area (Å²) in [5.74, 6) is -0.0943. The molecule has 72 heavy (non-hydrogen) atoms. The first-order chi connectivity index (χ1) is 31.0. The summed E-state index contributed by atoms with van der Waals surface area (Å²) < 4.78 is 179. The minimum absolute atomic E-state index is 0. The van der Waals surface area contributed by atoms with E-state index in [1.54, 1.807) is 19.9 Å². The first-order valence-electron chi connectivity index (χ1n) is 18.0. The van der Waals surface area contributed by atoms with Gasteiger partial charge >= 0.3 is 148 Å². The smallest absolute Gasteiger partial charge is 0.744 e. The van der Waals surface area contributed by atoms with Crippen molar-refractivity contribution < 1.29 is 213 Å². The number of aromatic nitrogens is 3. The van der Waals surface area contributed by atoms with Crippen LogP contribution >= 0.6 is 11.6 Å². The number of azo groups is 2. The van der Waals surface area contributed by atoms with E-state index in [1.807, 2.05) is 0 Å². The van der Waals surface area contributed by atoms with Gasteiger partial charge in [0.2, 0.25) is 17.2 Å². The Balaban J connectivity index is 0.00000355. The van der Waals surface area contributed by atoms with E-state index in [4.69, 9.17) is 11.6 Å². The third-order valence-electron chi connectivity index (χ3n) is 9.29. The van der Waals surface area contributed by atoms with Gasteiger partial charge in [-0.05, 0) is 121 Å². The molecule has 1 heterocycles. The molecule has 1 aromatic heterocycles. The van der Waals surface area contributed by atoms with Crippen molar-refractivity contribution in [3.8, 4) is 0 Å². The maximum Gasteiger partial charge on any atom is 1.00 e. The summed E-state index contributed by atoms with van der Waals surface area (Å²) in [4.78, 5) is 7.43. The Bertz CT molecular complexity index is 3920. The van der Waals surface area contributed by atoms with Gasteiger partial charge in [-0.2, -0.15) is 30.3 Å². The molecule has 24 nitrogen and oxygen atoms in total. The van der Waals surface area contributed by atoms with Crippen molar-refractivity contribution in [2.24, 2.45) is 20.5 Å². The van der Waals surface area contributed by atoms with Crippen molar-refractivity contribution in [1.82, 2.24) is 15.0 Å². The number of nitrogens with zero attached hydrogens (tertiary/aromatic N) is 7. The number of benzene rings is 6. The number of anilines is 4. The van der Waals surface area contributed by atoms with Gasteiger partial charge < -0.3 is 33.4 Å². The molecule has 348 valence electrons. The molecule has 0 atom stereocenters. The van der Waals surface area contributed by atoms with Crippen LogP contribution in [0.1, 0.15) is 11.1 Å². The molecule has 0 amide bonds. The molecule has 7 rings (SSSR count). The van der Waals surface area contributed by atoms with Crippen LogP contribution in [0.25, 0.3) is 21.5 Å². The molecule has 0 aliphatic rings. The van der Waals surface area contributed by atoms with E-state index >= 15 is 0 Å². The Morgan fingerprint density at radius 3 is 1.39 bits per heavy atom. The molecule has 6 aromatic carbocycles. The normalized spacial score (nSPS) is 12.1. The average molecular weight is 1140 g/mol. The fourth-order valence-corrected chi connectivity index (χ4v) is 9.88. The molecule has 0 fully saturated rings. The monoisotopic (exact) mass is 1140 g/mol. The van der Waals surface area contributed by atoms with Crippen molar-refractivity contribution in [2.75, 3.05) is 10.6 Å². The number of fused-ring (bicyclic) bond motifs is 2. The fraction of sp³-hybridized carbons (Fsp3) is 0.0541. The zero-order valence-corrected chi connectivity index (χ0v) is 53.2. The molecule has 2 N–H and O–H groups in total. The van der Waals surface area contributed by atoms with Crippen LogP contribution in [0.4, 0.5) is 46.0 Å². The Morgan fingerprint density at radius 1 is 0.444 bits per heavy atom. The topological polar surface area (TPSA) is 398 Å². The van der Waals surface area contributed by atoms with Crippen LogP contribution in [-0.2, 0) is 50.6 Å². The van der Waals surface area contributed by atoms with Gasteiger partial charge in [0, 0.05) is 27.5 Å². The second kappa shape index (κ2) is 25.8. The molecule has 0 aliphatic carbocycles. The van der Waals surface area contributed by atoms with Crippen LogP contribution in [0.15, 0.2) is 136 Å². The van der Waals surface area contributed by atoms with Crippen molar-refractivity contribution in [3.63, 3.8) is 0 Å². The SMILES string of the molecule is Cc1cc(Nc2nc(Cl)nc(Nc3ccc(N=Nc4cc5c(S(=O)(=O)[O-])cc(S(=O)(=O)[O-])cc5cc4S(=O)(=O)[O-])c(C)c3)n2)ccc1N=Nc1cc(S(=O)(=O)[O-])c2cccc(S(=O)(=O)[O-])c2c1.[Na+].[Na+].[Na+].[Na+].[Na+]. The number of aryl methyl sites for hydroxylation is 2. The summed E-state index contributed by atoms with van der Waals surface area (Å²) in [6.45, 7) is 3.20. The maximum atomic E-state index is 12.2. The second-order valence-corrected chi connectivity index (χ2v) is 21.0. The summed E-state index contributed by atoms with van der Waals surface area (Å²) in [6, 6.07) is 16.5. The van der Waals surface area contributed by atoms with Gasteiger partial charge in [0.25, 0.3) is 0 Å². The minimum atomic E-state index is -5.46. The van der Waals surface area contributed by atoms with Gasteiger partial charge in [0.15, 0.2) is 0 Å². The van der Waals surface area contributed by atoms with Crippen molar-refractivity contribution in [3.05, 3.63) is 107 Å². The Kier molecular flexibility index (Phi) is 23.8. The predicted molar refractivity (Wildman–Crippen MR) is 230 cm³/mol. The molecule has 0 saturated carbocycles. The van der Waals surface area contributed by atoms with Crippen LogP contribution in [0.3, 0.4) is 0 Å². The quantitative estimate of drug-likeness (QED) is 0.0615. The molecular formula is C37H23ClN9Na5O15S5. The summed E-state index contributed by atoms with van der Waals surface area (Å²) in [5.41, 5.74) is 1.06. The van der Waals surface area contributed by atoms with Crippen molar-refractivity contribution in [2.45, 2.75) is 38.3 Å². The standard InChI is InChI=1S/C37H28ClN9O15S5.5Na/c1-18-10-21(6-8-28(18)45-44-23-14-27-25(32(15-23)65(54,55)56)4-3-5-31(27)64(51,52)53)39-36-41-35(38)42-37(43-36)40-22-7-9-29(19(2)11-22)46-47-30-17-26-20(13-34(30)67(60,61)62)12-24(63(48,49)50)16-33(26)66(57,58)59;;;;;/h3-17H,1-2H3,(H,48,49,50)(H,51,52,53)(H,54,55,56)(H,57,58,59)(H,60,61,62)(H2,39,40,41,42,43);;;;;/q;5*+1/p-5. The zero-order chi connectivity index (χ0) is 49.0. The van der Waals surface area contributed by atoms with Crippen LogP contribution < -0.4 is 158 Å². The first-order valence-corrected chi connectivity index (χ1v) is 25.4. The van der Waals surface area contributed by atoms with Gasteiger partial charge in [-0.1, -0.05) is 12.1 Å². The maximum absolute atomic E-state index is 12.2. The van der Waals surface area contributed by atoms with Crippen LogP contribution in [0, 0.1) is 13.8 Å². The Morgan fingerprint density at radius 2 is 0.917 bits per heavy atom. The van der Waals surface area contributed by atoms with E-state index in [1.165, 1.54) is 36.4 Å². The minimum Gasteiger partial charge on any atom is -0.744 e. The van der Waals surface area contributed by atoms with E-state index < -0.39 is 91.5 Å². The van der Waals surface area contributed by atoms with Crippen LogP contribution in [-0.4, -0.2) is 79.8 Å². The number of hydrogen-bond acceptors (Lipinski definition) is 24. The zero-order valence-electron chi connectivity index (χ0n) is 38.3. The number of nitrogens with one attached hydrogen (secondary N) is 2. The fourth-order valence-electron chi connectivity index (χ4n) is 6.37. The number of halogens is 1. The van der Waals surface area contributed by atoms with E-state index in [-0.39, 0.29) is 193 Å². The molecule has 0 bridgehead atoms. The molecule has 35 heteroatoms. The van der Waals surface area contributed by atoms with Gasteiger partial charge in [-0.3, -0.25) is 0 Å². The van der Waals surface area contributed by atoms with Gasteiger partial charge in [0.05, 0.1) is 41.5 Å². The molecule has 0 spiro atoms. The van der Waals surface area contributed by atoms with Gasteiger partial charge in [-0.15, -0.1) is 5.11 Å². The molecular weight excluding hydrogens is 1120 g/mol. The third kappa shape index (κ3) is 16.3. The number of hydrogen-bond donors (Lipinski definition) is 2. The summed E-state index contributed by atoms with van der Waals surface area (Å²) >= 11 is 6.19. The van der Waals surface area contributed by atoms with E-state index in [2.05, 4.69) is 46.0 Å². The Labute approximate surface area is 526 Å².